The number of hydrogen-bond acceptors (Lipinski definition) is 3. The van der Waals surface area contributed by atoms with Gasteiger partial charge in [0.2, 0.25) is 0 Å². The summed E-state index contributed by atoms with van der Waals surface area (Å²) in [5.41, 5.74) is 2.52. The van der Waals surface area contributed by atoms with Gasteiger partial charge >= 0.3 is 0 Å². The minimum atomic E-state index is 0.576. The molecule has 0 aromatic heterocycles. The first kappa shape index (κ1) is 22.2. The van der Waals surface area contributed by atoms with E-state index < -0.39 is 0 Å². The molecule has 1 atom stereocenters. The van der Waals surface area contributed by atoms with Gasteiger partial charge in [-0.25, -0.2) is 0 Å². The number of benzene rings is 2. The van der Waals surface area contributed by atoms with E-state index in [1.54, 1.807) is 0 Å². The van der Waals surface area contributed by atoms with E-state index in [0.717, 1.165) is 58.0 Å². The van der Waals surface area contributed by atoms with Crippen LogP contribution in [0.15, 0.2) is 65.7 Å². The molecule has 1 N–H and O–H groups in total. The molecular formula is C25H36N4O. The van der Waals surface area contributed by atoms with Crippen LogP contribution in [0.2, 0.25) is 0 Å². The summed E-state index contributed by atoms with van der Waals surface area (Å²) in [6.45, 7) is 5.60. The van der Waals surface area contributed by atoms with Crippen LogP contribution in [0.5, 0.6) is 0 Å². The number of para-hydroxylation sites is 1. The van der Waals surface area contributed by atoms with Gasteiger partial charge in [-0.2, -0.15) is 0 Å². The van der Waals surface area contributed by atoms with E-state index >= 15 is 0 Å². The van der Waals surface area contributed by atoms with Crippen LogP contribution in [-0.2, 0) is 11.3 Å². The number of hydrogen-bond donors (Lipinski definition) is 1. The number of anilines is 1. The molecule has 1 aliphatic rings. The van der Waals surface area contributed by atoms with E-state index in [1.807, 2.05) is 13.1 Å². The van der Waals surface area contributed by atoms with Crippen molar-refractivity contribution in [2.75, 3.05) is 51.8 Å². The summed E-state index contributed by atoms with van der Waals surface area (Å²) in [4.78, 5) is 9.18. The predicted octanol–water partition coefficient (Wildman–Crippen LogP) is 4.02. The van der Waals surface area contributed by atoms with Gasteiger partial charge < -0.3 is 19.9 Å². The Hall–Kier alpha value is -2.53. The summed E-state index contributed by atoms with van der Waals surface area (Å²) in [7, 11) is 4.04. The van der Waals surface area contributed by atoms with Gasteiger partial charge in [-0.15, -0.1) is 0 Å². The number of rotatable bonds is 10. The van der Waals surface area contributed by atoms with Crippen molar-refractivity contribution < 1.29 is 4.74 Å². The first-order valence-corrected chi connectivity index (χ1v) is 11.1. The molecule has 5 nitrogen and oxygen atoms in total. The Balaban J connectivity index is 1.29. The highest BCUT2D eigenvalue weighted by molar-refractivity contribution is 5.80. The molecule has 3 rings (SSSR count). The van der Waals surface area contributed by atoms with Crippen molar-refractivity contribution in [1.29, 1.82) is 0 Å². The molecule has 2 aromatic rings. The third-order valence-corrected chi connectivity index (χ3v) is 5.66. The van der Waals surface area contributed by atoms with E-state index in [-0.39, 0.29) is 0 Å². The first-order valence-electron chi connectivity index (χ1n) is 11.1. The van der Waals surface area contributed by atoms with Crippen molar-refractivity contribution in [3.05, 3.63) is 66.2 Å². The number of nitrogens with one attached hydrogen (secondary N) is 1. The molecule has 0 bridgehead atoms. The Morgan fingerprint density at radius 3 is 2.57 bits per heavy atom. The van der Waals surface area contributed by atoms with Crippen LogP contribution in [0.25, 0.3) is 0 Å². The van der Waals surface area contributed by atoms with Crippen LogP contribution in [0, 0.1) is 5.92 Å². The second-order valence-corrected chi connectivity index (χ2v) is 8.04. The zero-order valence-electron chi connectivity index (χ0n) is 18.5. The lowest BCUT2D eigenvalue weighted by molar-refractivity contribution is 0.0907. The zero-order valence-corrected chi connectivity index (χ0v) is 18.5. The highest BCUT2D eigenvalue weighted by atomic mass is 16.5. The maximum atomic E-state index is 5.95. The summed E-state index contributed by atoms with van der Waals surface area (Å²) < 4.78 is 5.95. The molecule has 0 amide bonds. The lowest BCUT2D eigenvalue weighted by Gasteiger charge is -2.22. The van der Waals surface area contributed by atoms with Crippen molar-refractivity contribution in [2.45, 2.75) is 25.9 Å². The van der Waals surface area contributed by atoms with Gasteiger partial charge in [0.05, 0.1) is 13.2 Å². The number of aliphatic imine (C=N–C) groups is 1. The van der Waals surface area contributed by atoms with Crippen molar-refractivity contribution >= 4 is 11.6 Å². The number of guanidine groups is 1. The van der Waals surface area contributed by atoms with Crippen molar-refractivity contribution in [3.8, 4) is 0 Å². The van der Waals surface area contributed by atoms with Gasteiger partial charge in [0.25, 0.3) is 0 Å². The van der Waals surface area contributed by atoms with Crippen molar-refractivity contribution in [1.82, 2.24) is 10.2 Å². The lowest BCUT2D eigenvalue weighted by Crippen LogP contribution is -2.40. The maximum absolute atomic E-state index is 5.95. The third-order valence-electron chi connectivity index (χ3n) is 5.66. The first-order chi connectivity index (χ1) is 14.8. The molecule has 30 heavy (non-hydrogen) atoms. The van der Waals surface area contributed by atoms with E-state index in [4.69, 9.17) is 4.74 Å². The third kappa shape index (κ3) is 7.06. The topological polar surface area (TPSA) is 40.1 Å². The molecule has 1 aliphatic heterocycles. The Bertz CT molecular complexity index is 750. The summed E-state index contributed by atoms with van der Waals surface area (Å²) in [6, 6.07) is 21.0. The van der Waals surface area contributed by atoms with Gasteiger partial charge in [-0.1, -0.05) is 48.5 Å². The molecule has 162 valence electrons. The molecule has 1 heterocycles. The summed E-state index contributed by atoms with van der Waals surface area (Å²) >= 11 is 0. The second-order valence-electron chi connectivity index (χ2n) is 8.04. The minimum Gasteiger partial charge on any atom is -0.376 e. The van der Waals surface area contributed by atoms with Gasteiger partial charge in [-0.3, -0.25) is 4.99 Å². The fraction of sp³-hybridized carbons (Fsp3) is 0.480. The molecule has 1 fully saturated rings. The molecule has 0 spiro atoms. The molecule has 0 aliphatic carbocycles. The Labute approximate surface area is 181 Å². The average molecular weight is 409 g/mol. The molecule has 1 saturated heterocycles. The molecule has 0 radical (unpaired) electrons. The highest BCUT2D eigenvalue weighted by Gasteiger charge is 2.24. The standard InChI is InChI=1S/C25H36N4O/c1-26-25(27-16-9-10-17-28(2)24-13-7-4-8-14-24)29-18-15-23(19-29)21-30-20-22-11-5-3-6-12-22/h3-8,11-14,23H,9-10,15-21H2,1-2H3,(H,26,27). The Morgan fingerprint density at radius 1 is 1.10 bits per heavy atom. The zero-order chi connectivity index (χ0) is 21.0. The van der Waals surface area contributed by atoms with Crippen LogP contribution in [-0.4, -0.2) is 57.7 Å². The summed E-state index contributed by atoms with van der Waals surface area (Å²) in [5, 5.41) is 3.54. The molecule has 2 aromatic carbocycles. The normalized spacial score (nSPS) is 16.7. The number of nitrogens with zero attached hydrogens (tertiary/aromatic N) is 3. The van der Waals surface area contributed by atoms with Gasteiger partial charge in [0, 0.05) is 51.9 Å². The predicted molar refractivity (Wildman–Crippen MR) is 126 cm³/mol. The number of unbranched alkanes of at least 4 members (excludes halogenated alkanes) is 1. The Kier molecular flexibility index (Phi) is 9.04. The largest absolute Gasteiger partial charge is 0.376 e. The minimum absolute atomic E-state index is 0.576. The van der Waals surface area contributed by atoms with Crippen molar-refractivity contribution in [3.63, 3.8) is 0 Å². The molecule has 5 heteroatoms. The molecular weight excluding hydrogens is 372 g/mol. The van der Waals surface area contributed by atoms with Crippen LogP contribution in [0.4, 0.5) is 5.69 Å². The van der Waals surface area contributed by atoms with Crippen LogP contribution in [0.3, 0.4) is 0 Å². The molecule has 0 saturated carbocycles. The van der Waals surface area contributed by atoms with E-state index in [0.29, 0.717) is 12.5 Å². The van der Waals surface area contributed by atoms with Crippen molar-refractivity contribution in [2.24, 2.45) is 10.9 Å². The van der Waals surface area contributed by atoms with E-state index in [9.17, 15) is 0 Å². The van der Waals surface area contributed by atoms with Crippen LogP contribution >= 0.6 is 0 Å². The lowest BCUT2D eigenvalue weighted by atomic mass is 10.1. The summed E-state index contributed by atoms with van der Waals surface area (Å²) in [6.07, 6.45) is 3.45. The average Bonchev–Trinajstić information content (AvgIpc) is 3.26. The second kappa shape index (κ2) is 12.2. The highest BCUT2D eigenvalue weighted by Crippen LogP contribution is 2.17. The van der Waals surface area contributed by atoms with Crippen LogP contribution in [0.1, 0.15) is 24.8 Å². The Morgan fingerprint density at radius 2 is 1.83 bits per heavy atom. The van der Waals surface area contributed by atoms with Gasteiger partial charge in [0.1, 0.15) is 0 Å². The van der Waals surface area contributed by atoms with E-state index in [2.05, 4.69) is 81.8 Å². The number of ether oxygens (including phenoxy) is 1. The maximum Gasteiger partial charge on any atom is 0.193 e. The van der Waals surface area contributed by atoms with E-state index in [1.165, 1.54) is 11.3 Å². The van der Waals surface area contributed by atoms with Gasteiger partial charge in [-0.05, 0) is 37.0 Å². The summed E-state index contributed by atoms with van der Waals surface area (Å²) in [5.74, 6) is 1.60. The van der Waals surface area contributed by atoms with Gasteiger partial charge in [0.15, 0.2) is 5.96 Å². The smallest absolute Gasteiger partial charge is 0.193 e. The fourth-order valence-corrected chi connectivity index (χ4v) is 3.90. The monoisotopic (exact) mass is 408 g/mol. The van der Waals surface area contributed by atoms with Crippen LogP contribution < -0.4 is 10.2 Å². The SMILES string of the molecule is CN=C(NCCCCN(C)c1ccccc1)N1CCC(COCc2ccccc2)C1. The molecule has 1 unspecified atom stereocenters. The fourth-order valence-electron chi connectivity index (χ4n) is 3.90. The quantitative estimate of drug-likeness (QED) is 0.366. The number of likely N-dealkylation sites (tertiary alicyclic amines) is 1.